The van der Waals surface area contributed by atoms with E-state index in [2.05, 4.69) is 4.98 Å². The predicted molar refractivity (Wildman–Crippen MR) is 79.2 cm³/mol. The lowest BCUT2D eigenvalue weighted by Crippen LogP contribution is -2.23. The third-order valence-corrected chi connectivity index (χ3v) is 4.41. The first-order valence-electron chi connectivity index (χ1n) is 5.90. The minimum absolute atomic E-state index is 0.0938. The van der Waals surface area contributed by atoms with Crippen LogP contribution in [0.4, 0.5) is 10.1 Å². The maximum atomic E-state index is 13.6. The molecule has 1 amide bonds. The monoisotopic (exact) mass is 371 g/mol. The molecule has 1 aromatic heterocycles. The van der Waals surface area contributed by atoms with Crippen LogP contribution in [-0.4, -0.2) is 22.3 Å². The van der Waals surface area contributed by atoms with Crippen LogP contribution in [0.5, 0.6) is 0 Å². The molecule has 4 nitrogen and oxygen atoms in total. The van der Waals surface area contributed by atoms with E-state index >= 15 is 0 Å². The summed E-state index contributed by atoms with van der Waals surface area (Å²) < 4.78 is 14.0. The molecule has 98 valence electrons. The fourth-order valence-electron chi connectivity index (χ4n) is 2.37. The van der Waals surface area contributed by atoms with Gasteiger partial charge in [0.25, 0.3) is 5.91 Å². The lowest BCUT2D eigenvalue weighted by molar-refractivity contribution is 0.0787. The number of amides is 1. The molecule has 1 aliphatic rings. The molecule has 0 saturated carbocycles. The van der Waals surface area contributed by atoms with Gasteiger partial charge in [-0.15, -0.1) is 0 Å². The quantitative estimate of drug-likeness (QED) is 0.784. The molecule has 0 unspecified atom stereocenters. The van der Waals surface area contributed by atoms with E-state index < -0.39 is 0 Å². The Labute approximate surface area is 122 Å². The number of anilines is 1. The summed E-state index contributed by atoms with van der Waals surface area (Å²) in [7, 11) is 0. The van der Waals surface area contributed by atoms with Crippen LogP contribution < -0.4 is 5.73 Å². The van der Waals surface area contributed by atoms with Gasteiger partial charge in [-0.25, -0.2) is 9.37 Å². The summed E-state index contributed by atoms with van der Waals surface area (Å²) in [6.45, 7) is 2.96. The normalized spacial score (nSPS) is 14.3. The van der Waals surface area contributed by atoms with Gasteiger partial charge in [-0.2, -0.15) is 0 Å². The molecular formula is C13H11FIN3O. The lowest BCUT2D eigenvalue weighted by Gasteiger charge is -2.10. The fraction of sp³-hybridized carbons (Fsp3) is 0.231. The molecular weight excluding hydrogens is 360 g/mol. The van der Waals surface area contributed by atoms with Crippen molar-refractivity contribution in [1.29, 1.82) is 0 Å². The largest absolute Gasteiger partial charge is 0.397 e. The van der Waals surface area contributed by atoms with Crippen LogP contribution in [-0.2, 0) is 6.54 Å². The number of rotatable bonds is 1. The third kappa shape index (κ3) is 1.69. The molecule has 6 heteroatoms. The van der Waals surface area contributed by atoms with Crippen LogP contribution in [0.3, 0.4) is 0 Å². The highest BCUT2D eigenvalue weighted by Crippen LogP contribution is 2.34. The fourth-order valence-corrected chi connectivity index (χ4v) is 2.96. The average Bonchev–Trinajstić information content (AvgIpc) is 2.71. The maximum absolute atomic E-state index is 13.6. The molecule has 0 bridgehead atoms. The van der Waals surface area contributed by atoms with Gasteiger partial charge in [-0.3, -0.25) is 4.79 Å². The van der Waals surface area contributed by atoms with E-state index in [0.717, 1.165) is 0 Å². The molecule has 3 rings (SSSR count). The number of nitrogens with zero attached hydrogens (tertiary/aromatic N) is 2. The number of hydrogen-bond acceptors (Lipinski definition) is 3. The summed E-state index contributed by atoms with van der Waals surface area (Å²) in [6, 6.07) is 2.93. The minimum atomic E-state index is -0.323. The van der Waals surface area contributed by atoms with Gasteiger partial charge in [0.1, 0.15) is 5.82 Å². The summed E-state index contributed by atoms with van der Waals surface area (Å²) in [5, 5.41) is 0.635. The summed E-state index contributed by atoms with van der Waals surface area (Å²) >= 11 is 1.91. The molecule has 0 saturated heterocycles. The number of hydrogen-bond donors (Lipinski definition) is 1. The van der Waals surface area contributed by atoms with E-state index in [1.807, 2.05) is 29.5 Å². The van der Waals surface area contributed by atoms with Gasteiger partial charge < -0.3 is 10.6 Å². The second-order valence-corrected chi connectivity index (χ2v) is 5.50. The molecule has 0 aliphatic carbocycles. The van der Waals surface area contributed by atoms with Gasteiger partial charge in [0.2, 0.25) is 0 Å². The van der Waals surface area contributed by atoms with Crippen molar-refractivity contribution in [3.8, 4) is 0 Å². The predicted octanol–water partition coefficient (Wildman–Crippen LogP) is 2.54. The van der Waals surface area contributed by atoms with Crippen molar-refractivity contribution in [3.05, 3.63) is 32.8 Å². The SMILES string of the molecule is CCN1Cc2nc3c(I)c(F)ccc3c(N)c2C1=O. The first-order valence-corrected chi connectivity index (χ1v) is 6.97. The number of halogens is 2. The number of nitrogens with two attached hydrogens (primary N) is 1. The molecule has 1 aliphatic heterocycles. The van der Waals surface area contributed by atoms with Crippen molar-refractivity contribution in [2.75, 3.05) is 12.3 Å². The molecule has 0 spiro atoms. The van der Waals surface area contributed by atoms with Crippen molar-refractivity contribution < 1.29 is 9.18 Å². The third-order valence-electron chi connectivity index (χ3n) is 3.39. The molecule has 2 aromatic rings. The van der Waals surface area contributed by atoms with Gasteiger partial charge in [-0.1, -0.05) is 0 Å². The second-order valence-electron chi connectivity index (χ2n) is 4.42. The number of fused-ring (bicyclic) bond motifs is 2. The number of carbonyl (C=O) groups excluding carboxylic acids is 1. The number of benzene rings is 1. The Morgan fingerprint density at radius 2 is 2.26 bits per heavy atom. The molecule has 0 radical (unpaired) electrons. The van der Waals surface area contributed by atoms with Gasteiger partial charge in [-0.05, 0) is 41.6 Å². The van der Waals surface area contributed by atoms with E-state index in [1.165, 1.54) is 6.07 Å². The van der Waals surface area contributed by atoms with Crippen molar-refractivity contribution in [3.63, 3.8) is 0 Å². The Morgan fingerprint density at radius 1 is 1.53 bits per heavy atom. The van der Waals surface area contributed by atoms with Crippen molar-refractivity contribution >= 4 is 45.1 Å². The van der Waals surface area contributed by atoms with Crippen LogP contribution in [0.1, 0.15) is 23.0 Å². The van der Waals surface area contributed by atoms with Crippen molar-refractivity contribution in [1.82, 2.24) is 9.88 Å². The zero-order valence-corrected chi connectivity index (χ0v) is 12.4. The van der Waals surface area contributed by atoms with E-state index in [9.17, 15) is 9.18 Å². The first-order chi connectivity index (χ1) is 9.04. The standard InChI is InChI=1S/C13H11FIN3O/c1-2-18-5-8-9(13(18)19)11(16)6-3-4-7(14)10(15)12(6)17-8/h3-4H,2,5H2,1H3,(H2,16,17). The Balaban J connectivity index is 2.35. The highest BCUT2D eigenvalue weighted by atomic mass is 127. The van der Waals surface area contributed by atoms with Gasteiger partial charge >= 0.3 is 0 Å². The van der Waals surface area contributed by atoms with Crippen LogP contribution in [0.25, 0.3) is 10.9 Å². The van der Waals surface area contributed by atoms with E-state index in [4.69, 9.17) is 5.73 Å². The Morgan fingerprint density at radius 3 is 2.95 bits per heavy atom. The van der Waals surface area contributed by atoms with Crippen LogP contribution in [0, 0.1) is 9.39 Å². The van der Waals surface area contributed by atoms with Crippen molar-refractivity contribution in [2.45, 2.75) is 13.5 Å². The molecule has 2 heterocycles. The molecule has 1 aromatic carbocycles. The number of aromatic nitrogens is 1. The molecule has 0 fully saturated rings. The highest BCUT2D eigenvalue weighted by molar-refractivity contribution is 14.1. The maximum Gasteiger partial charge on any atom is 0.258 e. The first kappa shape index (κ1) is 12.6. The van der Waals surface area contributed by atoms with E-state index in [-0.39, 0.29) is 11.7 Å². The summed E-state index contributed by atoms with van der Waals surface area (Å²) in [5.74, 6) is -0.416. The van der Waals surface area contributed by atoms with Gasteiger partial charge in [0, 0.05) is 11.9 Å². The smallest absolute Gasteiger partial charge is 0.258 e. The van der Waals surface area contributed by atoms with Crippen LogP contribution >= 0.6 is 22.6 Å². The number of carbonyl (C=O) groups is 1. The zero-order chi connectivity index (χ0) is 13.7. The van der Waals surface area contributed by atoms with Gasteiger partial charge in [0.15, 0.2) is 0 Å². The minimum Gasteiger partial charge on any atom is -0.397 e. The Kier molecular flexibility index (Phi) is 2.84. The molecule has 19 heavy (non-hydrogen) atoms. The summed E-state index contributed by atoms with van der Waals surface area (Å²) in [4.78, 5) is 18.3. The Bertz CT molecular complexity index is 717. The Hall–Kier alpha value is -1.44. The van der Waals surface area contributed by atoms with E-state index in [1.54, 1.807) is 11.0 Å². The molecule has 0 atom stereocenters. The molecule has 2 N–H and O–H groups in total. The summed E-state index contributed by atoms with van der Waals surface area (Å²) in [5.41, 5.74) is 8.12. The second kappa shape index (κ2) is 4.29. The number of nitrogen functional groups attached to an aromatic ring is 1. The zero-order valence-electron chi connectivity index (χ0n) is 10.2. The van der Waals surface area contributed by atoms with Gasteiger partial charge in [0.05, 0.1) is 32.6 Å². The number of pyridine rings is 1. The average molecular weight is 371 g/mol. The van der Waals surface area contributed by atoms with E-state index in [0.29, 0.717) is 44.5 Å². The lowest BCUT2D eigenvalue weighted by atomic mass is 10.1. The van der Waals surface area contributed by atoms with Crippen LogP contribution in [0.2, 0.25) is 0 Å². The topological polar surface area (TPSA) is 59.2 Å². The van der Waals surface area contributed by atoms with Crippen molar-refractivity contribution in [2.24, 2.45) is 0 Å². The van der Waals surface area contributed by atoms with Crippen LogP contribution in [0.15, 0.2) is 12.1 Å². The summed E-state index contributed by atoms with van der Waals surface area (Å²) in [6.07, 6.45) is 0. The highest BCUT2D eigenvalue weighted by Gasteiger charge is 2.31.